The zero-order valence-electron chi connectivity index (χ0n) is 9.28. The molecule has 0 unspecified atom stereocenters. The van der Waals surface area contributed by atoms with Crippen LogP contribution in [0.4, 0.5) is 0 Å². The van der Waals surface area contributed by atoms with Crippen LogP contribution in [-0.2, 0) is 4.79 Å². The van der Waals surface area contributed by atoms with E-state index in [1.807, 2.05) is 5.43 Å². The monoisotopic (exact) mass is 232 g/mol. The lowest BCUT2D eigenvalue weighted by atomic mass is 10.2. The number of hydrogen-bond donors (Lipinski definition) is 3. The molecule has 0 saturated carbocycles. The van der Waals surface area contributed by atoms with Crippen molar-refractivity contribution >= 4 is 11.8 Å². The average molecular weight is 232 g/mol. The summed E-state index contributed by atoms with van der Waals surface area (Å²) in [5, 5.41) is 2.53. The average Bonchev–Trinajstić information content (AvgIpc) is 2.34. The summed E-state index contributed by atoms with van der Waals surface area (Å²) in [6.07, 6.45) is 2.91. The van der Waals surface area contributed by atoms with Gasteiger partial charge in [-0.3, -0.25) is 20.0 Å². The maximum atomic E-state index is 11.2. The Morgan fingerprint density at radius 2 is 2.24 bits per heavy atom. The second kappa shape index (κ2) is 6.25. The molecule has 0 spiro atoms. The van der Waals surface area contributed by atoms with Gasteiger partial charge in [-0.05, 0) is 6.07 Å². The number of carbonyl (C=O) groups is 2. The van der Waals surface area contributed by atoms with Crippen LogP contribution in [0.25, 0.3) is 0 Å². The van der Waals surface area contributed by atoms with Crippen molar-refractivity contribution in [1.82, 2.24) is 15.7 Å². The smallest absolute Gasteiger partial charge is 0.266 e. The van der Waals surface area contributed by atoms with Gasteiger partial charge in [0.15, 0.2) is 0 Å². The van der Waals surface area contributed by atoms with E-state index in [1.165, 1.54) is 19.3 Å². The van der Waals surface area contributed by atoms with Crippen molar-refractivity contribution in [2.75, 3.05) is 6.54 Å². The van der Waals surface area contributed by atoms with Crippen LogP contribution in [0.15, 0.2) is 18.5 Å². The summed E-state index contributed by atoms with van der Waals surface area (Å²) in [4.78, 5) is 25.6. The molecule has 0 atom stereocenters. The molecule has 6 heteroatoms. The molecule has 0 aliphatic rings. The minimum atomic E-state index is -0.428. The second-order valence-corrected chi connectivity index (χ2v) is 3.15. The minimum Gasteiger partial charge on any atom is -0.345 e. The number of nitrogen functional groups attached to an aromatic ring is 1. The number of aromatic nitrogens is 1. The first-order valence-corrected chi connectivity index (χ1v) is 4.83. The number of amides is 2. The summed E-state index contributed by atoms with van der Waals surface area (Å²) in [6, 6.07) is 1.57. The lowest BCUT2D eigenvalue weighted by Gasteiger charge is -1.98. The highest BCUT2D eigenvalue weighted by Crippen LogP contribution is 2.00. The predicted octanol–water partition coefficient (Wildman–Crippen LogP) is -0.827. The third-order valence-electron chi connectivity index (χ3n) is 1.79. The van der Waals surface area contributed by atoms with E-state index in [9.17, 15) is 9.59 Å². The van der Waals surface area contributed by atoms with Gasteiger partial charge in [0.1, 0.15) is 0 Å². The van der Waals surface area contributed by atoms with Crippen LogP contribution in [0.3, 0.4) is 0 Å². The first-order valence-electron chi connectivity index (χ1n) is 4.83. The fourth-order valence-electron chi connectivity index (χ4n) is 1.03. The molecule has 1 aromatic rings. The summed E-state index contributed by atoms with van der Waals surface area (Å²) in [5.74, 6) is 9.93. The van der Waals surface area contributed by atoms with Crippen molar-refractivity contribution in [3.63, 3.8) is 0 Å². The van der Waals surface area contributed by atoms with Gasteiger partial charge in [-0.25, -0.2) is 5.84 Å². The molecule has 88 valence electrons. The van der Waals surface area contributed by atoms with E-state index in [4.69, 9.17) is 5.84 Å². The number of hydrazine groups is 1. The van der Waals surface area contributed by atoms with Crippen molar-refractivity contribution in [3.8, 4) is 11.8 Å². The maximum absolute atomic E-state index is 11.2. The van der Waals surface area contributed by atoms with Crippen LogP contribution in [0, 0.1) is 11.8 Å². The Morgan fingerprint density at radius 3 is 2.88 bits per heavy atom. The first kappa shape index (κ1) is 12.7. The zero-order chi connectivity index (χ0) is 12.7. The number of pyridine rings is 1. The number of rotatable bonds is 2. The molecule has 1 rings (SSSR count). The summed E-state index contributed by atoms with van der Waals surface area (Å²) in [6.45, 7) is 1.66. The van der Waals surface area contributed by atoms with Crippen LogP contribution in [-0.4, -0.2) is 23.3 Å². The molecule has 17 heavy (non-hydrogen) atoms. The molecule has 0 aliphatic carbocycles. The van der Waals surface area contributed by atoms with Crippen LogP contribution in [0.2, 0.25) is 0 Å². The molecule has 2 amide bonds. The summed E-state index contributed by atoms with van der Waals surface area (Å²) < 4.78 is 0. The van der Waals surface area contributed by atoms with Gasteiger partial charge in [0.05, 0.1) is 12.1 Å². The fraction of sp³-hybridized carbons (Fsp3) is 0.182. The zero-order valence-corrected chi connectivity index (χ0v) is 9.28. The van der Waals surface area contributed by atoms with Crippen LogP contribution >= 0.6 is 0 Å². The standard InChI is InChI=1S/C11H12N4O2/c1-8(16)14-4-2-3-9-5-10(7-13-6-9)11(17)15-12/h5-7H,4,12H2,1H3,(H,14,16)(H,15,17). The van der Waals surface area contributed by atoms with Crippen molar-refractivity contribution in [2.45, 2.75) is 6.92 Å². The van der Waals surface area contributed by atoms with Crippen LogP contribution in [0.1, 0.15) is 22.8 Å². The topological polar surface area (TPSA) is 97.1 Å². The van der Waals surface area contributed by atoms with Gasteiger partial charge in [0.25, 0.3) is 5.91 Å². The fourth-order valence-corrected chi connectivity index (χ4v) is 1.03. The Kier molecular flexibility index (Phi) is 4.66. The second-order valence-electron chi connectivity index (χ2n) is 3.15. The number of carbonyl (C=O) groups excluding carboxylic acids is 2. The molecule has 0 radical (unpaired) electrons. The van der Waals surface area contributed by atoms with Crippen molar-refractivity contribution in [2.24, 2.45) is 5.84 Å². The van der Waals surface area contributed by atoms with E-state index in [2.05, 4.69) is 22.1 Å². The van der Waals surface area contributed by atoms with E-state index in [0.717, 1.165) is 0 Å². The number of hydrogen-bond acceptors (Lipinski definition) is 4. The van der Waals surface area contributed by atoms with E-state index in [1.54, 1.807) is 6.07 Å². The molecule has 1 aromatic heterocycles. The van der Waals surface area contributed by atoms with Gasteiger partial charge in [-0.1, -0.05) is 11.8 Å². The Balaban J connectivity index is 2.71. The van der Waals surface area contributed by atoms with Gasteiger partial charge in [0.2, 0.25) is 5.91 Å². The van der Waals surface area contributed by atoms with Gasteiger partial charge in [-0.2, -0.15) is 0 Å². The Morgan fingerprint density at radius 1 is 1.47 bits per heavy atom. The lowest BCUT2D eigenvalue weighted by molar-refractivity contribution is -0.118. The molecular weight excluding hydrogens is 220 g/mol. The summed E-state index contributed by atoms with van der Waals surface area (Å²) in [7, 11) is 0. The largest absolute Gasteiger partial charge is 0.345 e. The van der Waals surface area contributed by atoms with Crippen molar-refractivity contribution in [1.29, 1.82) is 0 Å². The van der Waals surface area contributed by atoms with Gasteiger partial charge < -0.3 is 5.32 Å². The van der Waals surface area contributed by atoms with E-state index >= 15 is 0 Å². The molecule has 4 N–H and O–H groups in total. The Bertz CT molecular complexity index is 488. The Labute approximate surface area is 98.6 Å². The number of nitrogens with zero attached hydrogens (tertiary/aromatic N) is 1. The highest BCUT2D eigenvalue weighted by Gasteiger charge is 2.03. The molecular formula is C11H12N4O2. The summed E-state index contributed by atoms with van der Waals surface area (Å²) >= 11 is 0. The highest BCUT2D eigenvalue weighted by molar-refractivity contribution is 5.93. The lowest BCUT2D eigenvalue weighted by Crippen LogP contribution is -2.30. The molecule has 1 heterocycles. The van der Waals surface area contributed by atoms with Crippen molar-refractivity contribution < 1.29 is 9.59 Å². The minimum absolute atomic E-state index is 0.145. The van der Waals surface area contributed by atoms with E-state index < -0.39 is 5.91 Å². The van der Waals surface area contributed by atoms with Gasteiger partial charge >= 0.3 is 0 Å². The van der Waals surface area contributed by atoms with Crippen molar-refractivity contribution in [3.05, 3.63) is 29.6 Å². The Hall–Kier alpha value is -2.39. The molecule has 0 aliphatic heterocycles. The van der Waals surface area contributed by atoms with Crippen LogP contribution < -0.4 is 16.6 Å². The third kappa shape index (κ3) is 4.32. The molecule has 0 fully saturated rings. The maximum Gasteiger partial charge on any atom is 0.266 e. The van der Waals surface area contributed by atoms with Gasteiger partial charge in [-0.15, -0.1) is 0 Å². The SMILES string of the molecule is CC(=O)NCC#Cc1cncc(C(=O)NN)c1. The molecule has 0 aromatic carbocycles. The van der Waals surface area contributed by atoms with E-state index in [-0.39, 0.29) is 12.5 Å². The third-order valence-corrected chi connectivity index (χ3v) is 1.79. The van der Waals surface area contributed by atoms with Crippen LogP contribution in [0.5, 0.6) is 0 Å². The summed E-state index contributed by atoms with van der Waals surface area (Å²) in [5.41, 5.74) is 2.92. The molecule has 6 nitrogen and oxygen atoms in total. The quantitative estimate of drug-likeness (QED) is 0.268. The number of nitrogens with one attached hydrogen (secondary N) is 2. The van der Waals surface area contributed by atoms with E-state index in [0.29, 0.717) is 11.1 Å². The molecule has 0 saturated heterocycles. The molecule has 0 bridgehead atoms. The normalized spacial score (nSPS) is 8.82. The first-order chi connectivity index (χ1) is 8.13. The predicted molar refractivity (Wildman–Crippen MR) is 61.5 cm³/mol. The van der Waals surface area contributed by atoms with Gasteiger partial charge in [0, 0.05) is 24.9 Å². The highest BCUT2D eigenvalue weighted by atomic mass is 16.2. The number of nitrogens with two attached hydrogens (primary N) is 1.